The fourth-order valence-electron chi connectivity index (χ4n) is 3.48. The Balaban J connectivity index is 0.000000340. The van der Waals surface area contributed by atoms with Crippen LogP contribution in [-0.2, 0) is 22.4 Å². The fraction of sp³-hybridized carbons (Fsp3) is 0.462. The zero-order valence-electron chi connectivity index (χ0n) is 20.5. The lowest BCUT2D eigenvalue weighted by atomic mass is 10.1. The predicted molar refractivity (Wildman–Crippen MR) is 135 cm³/mol. The van der Waals surface area contributed by atoms with Crippen molar-refractivity contribution in [1.82, 2.24) is 0 Å². The molecule has 0 saturated heterocycles. The molecule has 0 spiro atoms. The number of aliphatic hydroxyl groups is 2. The molecular weight excluding hydrogens is 436 g/mol. The maximum Gasteiger partial charge on any atom is 0.332 e. The van der Waals surface area contributed by atoms with Crippen LogP contribution in [0.5, 0.6) is 0 Å². The normalized spacial score (nSPS) is 12.2. The molecule has 0 saturated carbocycles. The summed E-state index contributed by atoms with van der Waals surface area (Å²) in [5.41, 5.74) is 3.89. The average molecular weight is 475 g/mol. The fourth-order valence-corrected chi connectivity index (χ4v) is 3.48. The van der Waals surface area contributed by atoms with E-state index in [0.717, 1.165) is 48.7 Å². The molecule has 34 heavy (non-hydrogen) atoms. The number of aliphatic hydroxyl groups excluding tert-OH is 2. The largest absolute Gasteiger partial charge is 0.479 e. The second-order valence-electron chi connectivity index (χ2n) is 7.79. The van der Waals surface area contributed by atoms with Gasteiger partial charge >= 0.3 is 11.9 Å². The number of hydrogen-bond acceptors (Lipinski definition) is 6. The topological polar surface area (TPSA) is 122 Å². The zero-order chi connectivity index (χ0) is 25.7. The first-order valence-electron chi connectivity index (χ1n) is 11.7. The third-order valence-corrected chi connectivity index (χ3v) is 5.56. The monoisotopic (exact) mass is 474 g/mol. The van der Waals surface area contributed by atoms with Gasteiger partial charge in [0.1, 0.15) is 0 Å². The second-order valence-corrected chi connectivity index (χ2v) is 7.79. The lowest BCUT2D eigenvalue weighted by Crippen LogP contribution is -2.23. The first-order valence-corrected chi connectivity index (χ1v) is 11.7. The van der Waals surface area contributed by atoms with Crippen LogP contribution in [0, 0.1) is 0 Å². The lowest BCUT2D eigenvalue weighted by molar-refractivity contribution is -0.147. The Hall–Kier alpha value is -3.10. The van der Waals surface area contributed by atoms with Crippen molar-refractivity contribution in [3.8, 4) is 0 Å². The molecule has 0 aromatic heterocycles. The standard InChI is InChI=1S/2C13H19NO3/c2*1-3-14(4-2)11-7-5-10(6-8-11)9-12(15)13(16)17/h2*5-8,12,15H,3-4,9H2,1-2H3,(H,16,17). The molecule has 188 valence electrons. The highest BCUT2D eigenvalue weighted by Crippen LogP contribution is 2.17. The van der Waals surface area contributed by atoms with E-state index in [1.807, 2.05) is 48.5 Å². The number of hydrogen-bond donors (Lipinski definition) is 4. The number of carboxylic acid groups (broad SMARTS) is 2. The summed E-state index contributed by atoms with van der Waals surface area (Å²) in [7, 11) is 0. The van der Waals surface area contributed by atoms with Crippen molar-refractivity contribution in [2.75, 3.05) is 36.0 Å². The van der Waals surface area contributed by atoms with E-state index in [1.54, 1.807) is 0 Å². The van der Waals surface area contributed by atoms with Crippen LogP contribution in [0.3, 0.4) is 0 Å². The SMILES string of the molecule is CCN(CC)c1ccc(CC(O)C(=O)O)cc1.CCN(CC)c1ccc(CC(O)C(=O)O)cc1. The van der Waals surface area contributed by atoms with Crippen molar-refractivity contribution in [3.05, 3.63) is 59.7 Å². The van der Waals surface area contributed by atoms with Gasteiger partial charge in [-0.15, -0.1) is 0 Å². The summed E-state index contributed by atoms with van der Waals surface area (Å²) in [5.74, 6) is -2.37. The zero-order valence-corrected chi connectivity index (χ0v) is 20.5. The van der Waals surface area contributed by atoms with Gasteiger partial charge in [0.05, 0.1) is 0 Å². The summed E-state index contributed by atoms with van der Waals surface area (Å²) in [4.78, 5) is 25.4. The lowest BCUT2D eigenvalue weighted by Gasteiger charge is -2.21. The molecule has 0 radical (unpaired) electrons. The minimum Gasteiger partial charge on any atom is -0.479 e. The number of carbonyl (C=O) groups is 2. The summed E-state index contributed by atoms with van der Waals surface area (Å²) in [5, 5.41) is 35.7. The molecule has 8 nitrogen and oxygen atoms in total. The molecular formula is C26H38N2O6. The van der Waals surface area contributed by atoms with E-state index in [9.17, 15) is 19.8 Å². The summed E-state index contributed by atoms with van der Waals surface area (Å²) in [6.45, 7) is 12.1. The van der Waals surface area contributed by atoms with E-state index in [0.29, 0.717) is 0 Å². The molecule has 2 aromatic carbocycles. The average Bonchev–Trinajstić information content (AvgIpc) is 2.83. The maximum absolute atomic E-state index is 10.5. The number of anilines is 2. The molecule has 2 aromatic rings. The molecule has 2 rings (SSSR count). The van der Waals surface area contributed by atoms with Crippen molar-refractivity contribution in [2.24, 2.45) is 0 Å². The number of carboxylic acids is 2. The minimum atomic E-state index is -1.32. The molecule has 0 amide bonds. The Labute approximate surface area is 202 Å². The summed E-state index contributed by atoms with van der Waals surface area (Å²) in [6.07, 6.45) is -2.36. The van der Waals surface area contributed by atoms with Gasteiger partial charge in [0, 0.05) is 50.4 Å². The summed E-state index contributed by atoms with van der Waals surface area (Å²) in [6, 6.07) is 15.3. The maximum atomic E-state index is 10.5. The van der Waals surface area contributed by atoms with Crippen molar-refractivity contribution in [2.45, 2.75) is 52.7 Å². The van der Waals surface area contributed by atoms with Gasteiger partial charge in [-0.3, -0.25) is 0 Å². The van der Waals surface area contributed by atoms with Crippen LogP contribution < -0.4 is 9.80 Å². The molecule has 2 unspecified atom stereocenters. The molecule has 2 atom stereocenters. The van der Waals surface area contributed by atoms with Crippen LogP contribution in [-0.4, -0.2) is 70.8 Å². The van der Waals surface area contributed by atoms with Gasteiger partial charge in [0.15, 0.2) is 12.2 Å². The van der Waals surface area contributed by atoms with Gasteiger partial charge in [-0.2, -0.15) is 0 Å². The predicted octanol–water partition coefficient (Wildman–Crippen LogP) is 3.04. The Bertz CT molecular complexity index is 788. The first-order chi connectivity index (χ1) is 16.2. The van der Waals surface area contributed by atoms with Crippen LogP contribution in [0.1, 0.15) is 38.8 Å². The van der Waals surface area contributed by atoms with Gasteiger partial charge in [-0.1, -0.05) is 24.3 Å². The van der Waals surface area contributed by atoms with Gasteiger partial charge in [-0.25, -0.2) is 9.59 Å². The third-order valence-electron chi connectivity index (χ3n) is 5.56. The molecule has 0 fully saturated rings. The number of aliphatic carboxylic acids is 2. The molecule has 8 heteroatoms. The van der Waals surface area contributed by atoms with Crippen molar-refractivity contribution < 1.29 is 30.0 Å². The minimum absolute atomic E-state index is 0.147. The van der Waals surface area contributed by atoms with E-state index < -0.39 is 24.1 Å². The summed E-state index contributed by atoms with van der Waals surface area (Å²) >= 11 is 0. The molecule has 0 aliphatic heterocycles. The smallest absolute Gasteiger partial charge is 0.332 e. The highest BCUT2D eigenvalue weighted by molar-refractivity contribution is 5.72. The van der Waals surface area contributed by atoms with Crippen LogP contribution in [0.2, 0.25) is 0 Å². The van der Waals surface area contributed by atoms with E-state index in [-0.39, 0.29) is 12.8 Å². The van der Waals surface area contributed by atoms with Crippen molar-refractivity contribution in [1.29, 1.82) is 0 Å². The van der Waals surface area contributed by atoms with E-state index >= 15 is 0 Å². The Kier molecular flexibility index (Phi) is 12.7. The Morgan fingerprint density at radius 1 is 0.618 bits per heavy atom. The molecule has 0 heterocycles. The highest BCUT2D eigenvalue weighted by atomic mass is 16.4. The van der Waals surface area contributed by atoms with Crippen LogP contribution in [0.4, 0.5) is 11.4 Å². The molecule has 0 bridgehead atoms. The quantitative estimate of drug-likeness (QED) is 0.370. The van der Waals surface area contributed by atoms with E-state index in [2.05, 4.69) is 37.5 Å². The first kappa shape index (κ1) is 28.9. The molecule has 0 aliphatic carbocycles. The molecule has 4 N–H and O–H groups in total. The van der Waals surface area contributed by atoms with Gasteiger partial charge < -0.3 is 30.2 Å². The summed E-state index contributed by atoms with van der Waals surface area (Å²) < 4.78 is 0. The number of benzene rings is 2. The Morgan fingerprint density at radius 2 is 0.882 bits per heavy atom. The van der Waals surface area contributed by atoms with Gasteiger partial charge in [0.2, 0.25) is 0 Å². The van der Waals surface area contributed by atoms with E-state index in [1.165, 1.54) is 0 Å². The number of nitrogens with zero attached hydrogens (tertiary/aromatic N) is 2. The van der Waals surface area contributed by atoms with Gasteiger partial charge in [0.25, 0.3) is 0 Å². The van der Waals surface area contributed by atoms with Crippen molar-refractivity contribution >= 4 is 23.3 Å². The van der Waals surface area contributed by atoms with Crippen LogP contribution >= 0.6 is 0 Å². The third kappa shape index (κ3) is 9.41. The van der Waals surface area contributed by atoms with Gasteiger partial charge in [-0.05, 0) is 63.1 Å². The number of rotatable bonds is 12. The van der Waals surface area contributed by atoms with Crippen LogP contribution in [0.25, 0.3) is 0 Å². The Morgan fingerprint density at radius 3 is 1.09 bits per heavy atom. The molecule has 0 aliphatic rings. The van der Waals surface area contributed by atoms with E-state index in [4.69, 9.17) is 10.2 Å². The van der Waals surface area contributed by atoms with Crippen LogP contribution in [0.15, 0.2) is 48.5 Å². The second kappa shape index (κ2) is 14.9. The van der Waals surface area contributed by atoms with Crippen molar-refractivity contribution in [3.63, 3.8) is 0 Å². The highest BCUT2D eigenvalue weighted by Gasteiger charge is 2.14.